The van der Waals surface area contributed by atoms with Crippen molar-refractivity contribution in [3.05, 3.63) is 35.1 Å². The molecule has 3 nitrogen and oxygen atoms in total. The summed E-state index contributed by atoms with van der Waals surface area (Å²) in [6.45, 7) is 2.73. The molecule has 0 aromatic heterocycles. The molecule has 1 aliphatic carbocycles. The lowest BCUT2D eigenvalue weighted by Crippen LogP contribution is -2.33. The van der Waals surface area contributed by atoms with Gasteiger partial charge in [-0.15, -0.1) is 0 Å². The number of hydrogen-bond donors (Lipinski definition) is 1. The molecule has 2 aliphatic rings. The molecule has 19 heavy (non-hydrogen) atoms. The highest BCUT2D eigenvalue weighted by Gasteiger charge is 2.34. The van der Waals surface area contributed by atoms with Crippen molar-refractivity contribution in [2.75, 3.05) is 13.1 Å². The lowest BCUT2D eigenvalue weighted by Gasteiger charge is -2.16. The zero-order valence-electron chi connectivity index (χ0n) is 10.9. The van der Waals surface area contributed by atoms with E-state index < -0.39 is 0 Å². The number of nitriles is 1. The van der Waals surface area contributed by atoms with E-state index in [1.54, 1.807) is 6.07 Å². The summed E-state index contributed by atoms with van der Waals surface area (Å²) in [5, 5.41) is 12.2. The van der Waals surface area contributed by atoms with Crippen LogP contribution in [-0.4, -0.2) is 30.1 Å². The third-order valence-corrected chi connectivity index (χ3v) is 4.04. The van der Waals surface area contributed by atoms with Crippen LogP contribution >= 0.6 is 0 Å². The zero-order valence-corrected chi connectivity index (χ0v) is 10.9. The predicted molar refractivity (Wildman–Crippen MR) is 71.0 cm³/mol. The number of likely N-dealkylation sites (tertiary alicyclic amines) is 1. The summed E-state index contributed by atoms with van der Waals surface area (Å²) in [5.41, 5.74) is 1.10. The standard InChI is InChI=1S/C15H18FN3/c16-15-4-1-11(8-17)7-12(15)9-18-13-5-6-19(10-13)14-2-3-14/h1,4,7,13-14,18H,2-3,5-6,9-10H2. The van der Waals surface area contributed by atoms with Gasteiger partial charge in [0.1, 0.15) is 5.82 Å². The molecule has 0 bridgehead atoms. The third kappa shape index (κ3) is 2.94. The molecule has 1 aromatic rings. The van der Waals surface area contributed by atoms with Gasteiger partial charge in [-0.2, -0.15) is 5.26 Å². The van der Waals surface area contributed by atoms with Crippen LogP contribution in [0.3, 0.4) is 0 Å². The molecule has 1 unspecified atom stereocenters. The molecule has 100 valence electrons. The van der Waals surface area contributed by atoms with E-state index in [1.165, 1.54) is 25.0 Å². The van der Waals surface area contributed by atoms with Crippen LogP contribution in [0.2, 0.25) is 0 Å². The summed E-state index contributed by atoms with van der Waals surface area (Å²) in [6, 6.07) is 7.84. The highest BCUT2D eigenvalue weighted by atomic mass is 19.1. The predicted octanol–water partition coefficient (Wildman–Crippen LogP) is 2.02. The molecular formula is C15H18FN3. The van der Waals surface area contributed by atoms with Crippen LogP contribution in [0, 0.1) is 17.1 Å². The van der Waals surface area contributed by atoms with Gasteiger partial charge in [0.25, 0.3) is 0 Å². The number of hydrogen-bond acceptors (Lipinski definition) is 3. The van der Waals surface area contributed by atoms with Crippen molar-refractivity contribution in [1.29, 1.82) is 5.26 Å². The van der Waals surface area contributed by atoms with Gasteiger partial charge >= 0.3 is 0 Å². The molecule has 3 rings (SSSR count). The first-order valence-electron chi connectivity index (χ1n) is 6.92. The van der Waals surface area contributed by atoms with Gasteiger partial charge in [0.05, 0.1) is 11.6 Å². The molecule has 1 N–H and O–H groups in total. The molecule has 0 radical (unpaired) electrons. The minimum Gasteiger partial charge on any atom is -0.308 e. The van der Waals surface area contributed by atoms with Crippen LogP contribution in [0.15, 0.2) is 18.2 Å². The topological polar surface area (TPSA) is 39.1 Å². The van der Waals surface area contributed by atoms with E-state index in [1.807, 2.05) is 0 Å². The molecule has 1 saturated heterocycles. The van der Waals surface area contributed by atoms with Crippen molar-refractivity contribution in [1.82, 2.24) is 10.2 Å². The molecule has 1 heterocycles. The van der Waals surface area contributed by atoms with Gasteiger partial charge in [0, 0.05) is 37.3 Å². The van der Waals surface area contributed by atoms with Crippen molar-refractivity contribution in [3.8, 4) is 6.07 Å². The Bertz CT molecular complexity index is 505. The van der Waals surface area contributed by atoms with Crippen LogP contribution < -0.4 is 5.32 Å². The van der Waals surface area contributed by atoms with Gasteiger partial charge in [0.2, 0.25) is 0 Å². The zero-order chi connectivity index (χ0) is 13.2. The molecule has 1 aliphatic heterocycles. The van der Waals surface area contributed by atoms with Crippen molar-refractivity contribution in [2.24, 2.45) is 0 Å². The maximum atomic E-state index is 13.6. The van der Waals surface area contributed by atoms with Gasteiger partial charge in [-0.25, -0.2) is 4.39 Å². The second kappa shape index (κ2) is 5.28. The van der Waals surface area contributed by atoms with E-state index >= 15 is 0 Å². The van der Waals surface area contributed by atoms with Crippen LogP contribution in [0.5, 0.6) is 0 Å². The van der Waals surface area contributed by atoms with Gasteiger partial charge in [-0.3, -0.25) is 4.90 Å². The van der Waals surface area contributed by atoms with E-state index in [-0.39, 0.29) is 5.82 Å². The quantitative estimate of drug-likeness (QED) is 0.899. The summed E-state index contributed by atoms with van der Waals surface area (Å²) in [7, 11) is 0. The highest BCUT2D eigenvalue weighted by Crippen LogP contribution is 2.29. The molecule has 1 saturated carbocycles. The summed E-state index contributed by atoms with van der Waals surface area (Å²) in [6.07, 6.45) is 3.81. The second-order valence-electron chi connectivity index (χ2n) is 5.51. The van der Waals surface area contributed by atoms with E-state index in [0.717, 1.165) is 25.6 Å². The van der Waals surface area contributed by atoms with Gasteiger partial charge in [-0.05, 0) is 37.5 Å². The summed E-state index contributed by atoms with van der Waals surface area (Å²) in [5.74, 6) is -0.233. The summed E-state index contributed by atoms with van der Waals surface area (Å²) < 4.78 is 13.6. The number of halogens is 1. The smallest absolute Gasteiger partial charge is 0.127 e. The Balaban J connectivity index is 1.56. The van der Waals surface area contributed by atoms with Crippen molar-refractivity contribution in [2.45, 2.75) is 37.9 Å². The van der Waals surface area contributed by atoms with Crippen LogP contribution in [0.4, 0.5) is 4.39 Å². The third-order valence-electron chi connectivity index (χ3n) is 4.04. The fraction of sp³-hybridized carbons (Fsp3) is 0.533. The number of nitrogens with zero attached hydrogens (tertiary/aromatic N) is 2. The van der Waals surface area contributed by atoms with Gasteiger partial charge in [-0.1, -0.05) is 0 Å². The molecule has 0 spiro atoms. The first-order valence-corrected chi connectivity index (χ1v) is 6.92. The Morgan fingerprint density at radius 3 is 2.95 bits per heavy atom. The number of nitrogens with one attached hydrogen (secondary N) is 1. The van der Waals surface area contributed by atoms with E-state index in [2.05, 4.69) is 16.3 Å². The van der Waals surface area contributed by atoms with Gasteiger partial charge in [0.15, 0.2) is 0 Å². The van der Waals surface area contributed by atoms with Crippen molar-refractivity contribution >= 4 is 0 Å². The Kier molecular flexibility index (Phi) is 3.50. The van der Waals surface area contributed by atoms with Crippen LogP contribution in [0.25, 0.3) is 0 Å². The maximum Gasteiger partial charge on any atom is 0.127 e. The summed E-state index contributed by atoms with van der Waals surface area (Å²) in [4.78, 5) is 2.53. The molecule has 4 heteroatoms. The first kappa shape index (κ1) is 12.6. The largest absolute Gasteiger partial charge is 0.308 e. The summed E-state index contributed by atoms with van der Waals surface area (Å²) >= 11 is 0. The Morgan fingerprint density at radius 1 is 1.37 bits per heavy atom. The lowest BCUT2D eigenvalue weighted by atomic mass is 10.1. The highest BCUT2D eigenvalue weighted by molar-refractivity contribution is 5.33. The minimum atomic E-state index is -0.233. The number of benzene rings is 1. The van der Waals surface area contributed by atoms with E-state index in [4.69, 9.17) is 5.26 Å². The molecular weight excluding hydrogens is 241 g/mol. The average Bonchev–Trinajstić information content (AvgIpc) is 3.17. The maximum absolute atomic E-state index is 13.6. The first-order chi connectivity index (χ1) is 9.26. The fourth-order valence-corrected chi connectivity index (χ4v) is 2.76. The second-order valence-corrected chi connectivity index (χ2v) is 5.51. The molecule has 1 atom stereocenters. The monoisotopic (exact) mass is 259 g/mol. The average molecular weight is 259 g/mol. The van der Waals surface area contributed by atoms with Crippen LogP contribution in [0.1, 0.15) is 30.4 Å². The number of rotatable bonds is 4. The van der Waals surface area contributed by atoms with Crippen LogP contribution in [-0.2, 0) is 6.54 Å². The van der Waals surface area contributed by atoms with E-state index in [0.29, 0.717) is 23.7 Å². The normalized spacial score (nSPS) is 23.5. The Labute approximate surface area is 113 Å². The van der Waals surface area contributed by atoms with Crippen molar-refractivity contribution in [3.63, 3.8) is 0 Å². The molecule has 2 fully saturated rings. The Hall–Kier alpha value is -1.44. The van der Waals surface area contributed by atoms with Gasteiger partial charge < -0.3 is 5.32 Å². The fourth-order valence-electron chi connectivity index (χ4n) is 2.76. The molecule has 1 aromatic carbocycles. The SMILES string of the molecule is N#Cc1ccc(F)c(CNC2CCN(C3CC3)C2)c1. The Morgan fingerprint density at radius 2 is 2.21 bits per heavy atom. The van der Waals surface area contributed by atoms with E-state index in [9.17, 15) is 4.39 Å². The van der Waals surface area contributed by atoms with Crippen molar-refractivity contribution < 1.29 is 4.39 Å². The minimum absolute atomic E-state index is 0.233. The lowest BCUT2D eigenvalue weighted by molar-refractivity contribution is 0.317. The molecule has 0 amide bonds.